The van der Waals surface area contributed by atoms with Crippen LogP contribution < -0.4 is 0 Å². The van der Waals surface area contributed by atoms with Gasteiger partial charge in [-0.05, 0) is 38.9 Å². The Morgan fingerprint density at radius 1 is 1.00 bits per heavy atom. The molecule has 1 fully saturated rings. The maximum absolute atomic E-state index is 6.50. The zero-order chi connectivity index (χ0) is 10.6. The second-order valence-electron chi connectivity index (χ2n) is 3.96. The van der Waals surface area contributed by atoms with Crippen molar-refractivity contribution < 1.29 is 0 Å². The predicted octanol–water partition coefficient (Wildman–Crippen LogP) is 3.19. The van der Waals surface area contributed by atoms with E-state index >= 15 is 0 Å². The van der Waals surface area contributed by atoms with E-state index in [1.165, 1.54) is 64.6 Å². The van der Waals surface area contributed by atoms with Crippen LogP contribution in [0.1, 0.15) is 51.9 Å². The Morgan fingerprint density at radius 2 is 1.64 bits per heavy atom. The molecule has 1 saturated heterocycles. The molecular weight excluding hydrogens is 172 g/mol. The highest BCUT2D eigenvalue weighted by molar-refractivity contribution is 4.63. The number of unbranched alkanes of at least 4 members (excludes halogenated alkanes) is 3. The van der Waals surface area contributed by atoms with Gasteiger partial charge in [-0.1, -0.05) is 32.6 Å². The number of nitriles is 1. The van der Waals surface area contributed by atoms with Crippen LogP contribution in [0.3, 0.4) is 0 Å². The van der Waals surface area contributed by atoms with Crippen LogP contribution in [0.4, 0.5) is 0 Å². The van der Waals surface area contributed by atoms with Crippen molar-refractivity contribution in [2.75, 3.05) is 19.6 Å². The molecule has 0 aromatic rings. The fourth-order valence-electron chi connectivity index (χ4n) is 1.95. The van der Waals surface area contributed by atoms with Gasteiger partial charge in [0.15, 0.2) is 0 Å². The molecule has 0 saturated carbocycles. The van der Waals surface area contributed by atoms with Gasteiger partial charge in [-0.3, -0.25) is 0 Å². The summed E-state index contributed by atoms with van der Waals surface area (Å²) in [4.78, 5) is 2.64. The molecular formula is C12H24N2. The molecule has 2 heteroatoms. The summed E-state index contributed by atoms with van der Waals surface area (Å²) in [5.74, 6) is 0. The molecule has 1 heterocycles. The second-order valence-corrected chi connectivity index (χ2v) is 3.96. The SMILES string of the molecule is C#N.CCCCCCN1CCCCC1. The normalized spacial score (nSPS) is 17.1. The van der Waals surface area contributed by atoms with Gasteiger partial charge in [0.2, 0.25) is 0 Å². The number of nitrogens with zero attached hydrogens (tertiary/aromatic N) is 2. The summed E-state index contributed by atoms with van der Waals surface area (Å²) in [6.07, 6.45) is 9.99. The van der Waals surface area contributed by atoms with Crippen LogP contribution in [-0.4, -0.2) is 24.5 Å². The number of rotatable bonds is 5. The Kier molecular flexibility index (Phi) is 10.1. The second kappa shape index (κ2) is 10.5. The van der Waals surface area contributed by atoms with Crippen molar-refractivity contribution in [3.63, 3.8) is 0 Å². The van der Waals surface area contributed by atoms with Gasteiger partial charge in [0.05, 0.1) is 0 Å². The summed E-state index contributed by atoms with van der Waals surface area (Å²) in [7, 11) is 0. The van der Waals surface area contributed by atoms with Gasteiger partial charge in [-0.2, -0.15) is 0 Å². The molecule has 14 heavy (non-hydrogen) atoms. The fourth-order valence-corrected chi connectivity index (χ4v) is 1.95. The topological polar surface area (TPSA) is 27.0 Å². The van der Waals surface area contributed by atoms with Crippen LogP contribution in [0, 0.1) is 11.8 Å². The molecule has 2 nitrogen and oxygen atoms in total. The zero-order valence-corrected chi connectivity index (χ0v) is 9.54. The van der Waals surface area contributed by atoms with Crippen molar-refractivity contribution in [1.82, 2.24) is 4.90 Å². The van der Waals surface area contributed by atoms with E-state index in [1.54, 1.807) is 0 Å². The summed E-state index contributed by atoms with van der Waals surface area (Å²) in [6.45, 7) is 9.87. The first-order valence-electron chi connectivity index (χ1n) is 5.91. The number of likely N-dealkylation sites (tertiary alicyclic amines) is 1. The molecule has 0 amide bonds. The molecule has 0 unspecified atom stereocenters. The minimum Gasteiger partial charge on any atom is -0.303 e. The Labute approximate surface area is 88.9 Å². The van der Waals surface area contributed by atoms with E-state index in [0.717, 1.165) is 0 Å². The highest BCUT2D eigenvalue weighted by Gasteiger charge is 2.08. The standard InChI is InChI=1S/C11H23N.CHN/c1-2-3-4-6-9-12-10-7-5-8-11-12;1-2/h2-11H2,1H3;1H. The van der Waals surface area contributed by atoms with E-state index in [0.29, 0.717) is 0 Å². The van der Waals surface area contributed by atoms with E-state index in [1.807, 2.05) is 0 Å². The quantitative estimate of drug-likeness (QED) is 0.631. The van der Waals surface area contributed by atoms with Crippen molar-refractivity contribution in [3.8, 4) is 6.57 Å². The molecule has 82 valence electrons. The molecule has 1 aliphatic heterocycles. The average Bonchev–Trinajstić information content (AvgIpc) is 2.29. The molecule has 0 radical (unpaired) electrons. The lowest BCUT2D eigenvalue weighted by atomic mass is 10.1. The summed E-state index contributed by atoms with van der Waals surface area (Å²) < 4.78 is 0. The number of piperidine rings is 1. The lowest BCUT2D eigenvalue weighted by molar-refractivity contribution is 0.224. The summed E-state index contributed by atoms with van der Waals surface area (Å²) in [6, 6.07) is 0. The molecule has 0 aromatic carbocycles. The molecule has 0 bridgehead atoms. The van der Waals surface area contributed by atoms with E-state index in [2.05, 4.69) is 18.4 Å². The minimum atomic E-state index is 1.36. The molecule has 0 atom stereocenters. The lowest BCUT2D eigenvalue weighted by Crippen LogP contribution is -2.30. The molecule has 0 spiro atoms. The molecule has 0 N–H and O–H groups in total. The van der Waals surface area contributed by atoms with E-state index in [-0.39, 0.29) is 0 Å². The van der Waals surface area contributed by atoms with Gasteiger partial charge >= 0.3 is 0 Å². The first-order valence-corrected chi connectivity index (χ1v) is 5.91. The van der Waals surface area contributed by atoms with Crippen LogP contribution in [0.15, 0.2) is 0 Å². The Morgan fingerprint density at radius 3 is 2.21 bits per heavy atom. The maximum atomic E-state index is 6.50. The third kappa shape index (κ3) is 6.91. The van der Waals surface area contributed by atoms with Crippen molar-refractivity contribution in [1.29, 1.82) is 5.26 Å². The van der Waals surface area contributed by atoms with Crippen LogP contribution in [0.2, 0.25) is 0 Å². The largest absolute Gasteiger partial charge is 0.303 e. The summed E-state index contributed by atoms with van der Waals surface area (Å²) in [5.41, 5.74) is 0. The third-order valence-electron chi connectivity index (χ3n) is 2.78. The monoisotopic (exact) mass is 196 g/mol. The van der Waals surface area contributed by atoms with E-state index in [9.17, 15) is 0 Å². The van der Waals surface area contributed by atoms with Crippen LogP contribution in [-0.2, 0) is 0 Å². The van der Waals surface area contributed by atoms with Gasteiger partial charge in [-0.25, -0.2) is 5.26 Å². The van der Waals surface area contributed by atoms with Gasteiger partial charge < -0.3 is 4.90 Å². The zero-order valence-electron chi connectivity index (χ0n) is 9.54. The van der Waals surface area contributed by atoms with Gasteiger partial charge in [0.25, 0.3) is 0 Å². The number of hydrogen-bond donors (Lipinski definition) is 0. The van der Waals surface area contributed by atoms with Gasteiger partial charge in [0.1, 0.15) is 0 Å². The highest BCUT2D eigenvalue weighted by atomic mass is 15.1. The lowest BCUT2D eigenvalue weighted by Gasteiger charge is -2.26. The Bertz CT molecular complexity index is 126. The van der Waals surface area contributed by atoms with Crippen molar-refractivity contribution in [2.45, 2.75) is 51.9 Å². The van der Waals surface area contributed by atoms with Crippen molar-refractivity contribution in [2.24, 2.45) is 0 Å². The van der Waals surface area contributed by atoms with Crippen LogP contribution in [0.25, 0.3) is 0 Å². The predicted molar refractivity (Wildman–Crippen MR) is 61.1 cm³/mol. The third-order valence-corrected chi connectivity index (χ3v) is 2.78. The smallest absolute Gasteiger partial charge is 0.0462 e. The van der Waals surface area contributed by atoms with E-state index in [4.69, 9.17) is 5.26 Å². The van der Waals surface area contributed by atoms with E-state index < -0.39 is 0 Å². The molecule has 0 aromatic heterocycles. The first-order chi connectivity index (χ1) is 6.93. The highest BCUT2D eigenvalue weighted by Crippen LogP contribution is 2.10. The van der Waals surface area contributed by atoms with Crippen LogP contribution in [0.5, 0.6) is 0 Å². The summed E-state index contributed by atoms with van der Waals surface area (Å²) in [5, 5.41) is 6.50. The maximum Gasteiger partial charge on any atom is 0.0462 e. The number of hydrogen-bond acceptors (Lipinski definition) is 2. The average molecular weight is 196 g/mol. The van der Waals surface area contributed by atoms with Crippen molar-refractivity contribution in [3.05, 3.63) is 0 Å². The van der Waals surface area contributed by atoms with Crippen LogP contribution >= 0.6 is 0 Å². The molecule has 1 aliphatic rings. The molecule has 1 rings (SSSR count). The Hall–Kier alpha value is -0.550. The minimum absolute atomic E-state index is 1.36. The summed E-state index contributed by atoms with van der Waals surface area (Å²) >= 11 is 0. The van der Waals surface area contributed by atoms with Gasteiger partial charge in [-0.15, -0.1) is 0 Å². The first kappa shape index (κ1) is 13.4. The van der Waals surface area contributed by atoms with Crippen molar-refractivity contribution >= 4 is 0 Å². The Balaban J connectivity index is 0.000000791. The molecule has 0 aliphatic carbocycles. The van der Waals surface area contributed by atoms with Gasteiger partial charge in [0, 0.05) is 6.57 Å². The fraction of sp³-hybridized carbons (Fsp3) is 0.917.